The van der Waals surface area contributed by atoms with Crippen LogP contribution in [0.15, 0.2) is 24.3 Å². The number of carbonyl (C=O) groups is 1. The zero-order chi connectivity index (χ0) is 19.2. The SMILES string of the molecule is CC1CCCN(Cc2ccc(CNC(=O)C3CCCCN3C(C)C)cc2)C1. The largest absolute Gasteiger partial charge is 0.351 e. The fraction of sp³-hybridized carbons (Fsp3) is 0.696. The second-order valence-electron chi connectivity index (χ2n) is 8.86. The third-order valence-corrected chi connectivity index (χ3v) is 6.15. The van der Waals surface area contributed by atoms with Crippen LogP contribution in [0.4, 0.5) is 0 Å². The first kappa shape index (κ1) is 20.3. The molecular weight excluding hydrogens is 334 g/mol. The van der Waals surface area contributed by atoms with E-state index in [1.165, 1.54) is 43.5 Å². The van der Waals surface area contributed by atoms with Gasteiger partial charge in [-0.1, -0.05) is 37.6 Å². The third kappa shape index (κ3) is 5.79. The van der Waals surface area contributed by atoms with Gasteiger partial charge in [0.15, 0.2) is 0 Å². The minimum Gasteiger partial charge on any atom is -0.351 e. The number of nitrogens with zero attached hydrogens (tertiary/aromatic N) is 2. The van der Waals surface area contributed by atoms with Gasteiger partial charge in [0.25, 0.3) is 0 Å². The summed E-state index contributed by atoms with van der Waals surface area (Å²) in [6.07, 6.45) is 6.03. The van der Waals surface area contributed by atoms with Gasteiger partial charge in [-0.3, -0.25) is 14.6 Å². The van der Waals surface area contributed by atoms with Gasteiger partial charge in [-0.05, 0) is 69.7 Å². The van der Waals surface area contributed by atoms with E-state index in [1.807, 2.05) is 0 Å². The average molecular weight is 372 g/mol. The molecule has 4 heteroatoms. The van der Waals surface area contributed by atoms with E-state index < -0.39 is 0 Å². The Morgan fingerprint density at radius 2 is 1.81 bits per heavy atom. The lowest BCUT2D eigenvalue weighted by molar-refractivity contribution is -0.128. The van der Waals surface area contributed by atoms with E-state index in [4.69, 9.17) is 0 Å². The number of hydrogen-bond acceptors (Lipinski definition) is 3. The quantitative estimate of drug-likeness (QED) is 0.826. The van der Waals surface area contributed by atoms with Crippen molar-refractivity contribution in [3.63, 3.8) is 0 Å². The molecule has 1 aromatic rings. The molecule has 0 saturated carbocycles. The maximum atomic E-state index is 12.7. The van der Waals surface area contributed by atoms with Crippen LogP contribution < -0.4 is 5.32 Å². The second-order valence-corrected chi connectivity index (χ2v) is 8.86. The molecule has 4 nitrogen and oxygen atoms in total. The topological polar surface area (TPSA) is 35.6 Å². The van der Waals surface area contributed by atoms with Gasteiger partial charge in [-0.15, -0.1) is 0 Å². The van der Waals surface area contributed by atoms with Crippen LogP contribution in [-0.2, 0) is 17.9 Å². The molecule has 2 atom stereocenters. The van der Waals surface area contributed by atoms with Gasteiger partial charge in [0, 0.05) is 25.7 Å². The number of carbonyl (C=O) groups excluding carboxylic acids is 1. The summed E-state index contributed by atoms with van der Waals surface area (Å²) >= 11 is 0. The highest BCUT2D eigenvalue weighted by molar-refractivity contribution is 5.81. The summed E-state index contributed by atoms with van der Waals surface area (Å²) < 4.78 is 0. The number of piperidine rings is 2. The molecule has 27 heavy (non-hydrogen) atoms. The number of rotatable bonds is 6. The Morgan fingerprint density at radius 1 is 1.07 bits per heavy atom. The molecular formula is C23H37N3O. The summed E-state index contributed by atoms with van der Waals surface area (Å²) in [5, 5.41) is 3.17. The second kappa shape index (κ2) is 9.70. The van der Waals surface area contributed by atoms with Crippen LogP contribution in [0.3, 0.4) is 0 Å². The Kier molecular flexibility index (Phi) is 7.31. The van der Waals surface area contributed by atoms with Crippen molar-refractivity contribution in [3.05, 3.63) is 35.4 Å². The predicted octanol–water partition coefficient (Wildman–Crippen LogP) is 3.80. The summed E-state index contributed by atoms with van der Waals surface area (Å²) in [6.45, 7) is 11.9. The van der Waals surface area contributed by atoms with E-state index in [2.05, 4.69) is 60.2 Å². The summed E-state index contributed by atoms with van der Waals surface area (Å²) in [7, 11) is 0. The van der Waals surface area contributed by atoms with E-state index in [0.29, 0.717) is 12.6 Å². The van der Waals surface area contributed by atoms with Crippen molar-refractivity contribution < 1.29 is 4.79 Å². The number of nitrogens with one attached hydrogen (secondary N) is 1. The molecule has 1 aromatic carbocycles. The molecule has 1 N–H and O–H groups in total. The van der Waals surface area contributed by atoms with E-state index in [9.17, 15) is 4.79 Å². The number of likely N-dealkylation sites (tertiary alicyclic amines) is 2. The van der Waals surface area contributed by atoms with Gasteiger partial charge in [-0.25, -0.2) is 0 Å². The lowest BCUT2D eigenvalue weighted by atomic mass is 9.99. The van der Waals surface area contributed by atoms with Gasteiger partial charge in [0.1, 0.15) is 0 Å². The van der Waals surface area contributed by atoms with E-state index in [0.717, 1.165) is 31.8 Å². The van der Waals surface area contributed by atoms with Crippen LogP contribution in [0.1, 0.15) is 64.0 Å². The summed E-state index contributed by atoms with van der Waals surface area (Å²) in [5.41, 5.74) is 2.56. The zero-order valence-electron chi connectivity index (χ0n) is 17.4. The first-order chi connectivity index (χ1) is 13.0. The molecule has 0 spiro atoms. The van der Waals surface area contributed by atoms with Gasteiger partial charge >= 0.3 is 0 Å². The Labute approximate surface area is 165 Å². The molecule has 2 saturated heterocycles. The molecule has 2 unspecified atom stereocenters. The highest BCUT2D eigenvalue weighted by Crippen LogP contribution is 2.20. The van der Waals surface area contributed by atoms with Crippen LogP contribution in [0.2, 0.25) is 0 Å². The van der Waals surface area contributed by atoms with Crippen LogP contribution in [0, 0.1) is 5.92 Å². The van der Waals surface area contributed by atoms with Crippen molar-refractivity contribution in [3.8, 4) is 0 Å². The van der Waals surface area contributed by atoms with E-state index in [-0.39, 0.29) is 11.9 Å². The summed E-state index contributed by atoms with van der Waals surface area (Å²) in [5.74, 6) is 1.01. The van der Waals surface area contributed by atoms with Crippen LogP contribution in [0.25, 0.3) is 0 Å². The van der Waals surface area contributed by atoms with E-state index >= 15 is 0 Å². The first-order valence-corrected chi connectivity index (χ1v) is 10.9. The third-order valence-electron chi connectivity index (χ3n) is 6.15. The monoisotopic (exact) mass is 371 g/mol. The van der Waals surface area contributed by atoms with E-state index in [1.54, 1.807) is 0 Å². The molecule has 2 fully saturated rings. The Balaban J connectivity index is 1.48. The van der Waals surface area contributed by atoms with Crippen molar-refractivity contribution >= 4 is 5.91 Å². The summed E-state index contributed by atoms with van der Waals surface area (Å²) in [4.78, 5) is 17.6. The van der Waals surface area contributed by atoms with Gasteiger partial charge in [-0.2, -0.15) is 0 Å². The minimum atomic E-state index is 0.0408. The lowest BCUT2D eigenvalue weighted by Gasteiger charge is -2.37. The minimum absolute atomic E-state index is 0.0408. The van der Waals surface area contributed by atoms with Gasteiger partial charge in [0.05, 0.1) is 6.04 Å². The van der Waals surface area contributed by atoms with Gasteiger partial charge in [0.2, 0.25) is 5.91 Å². The first-order valence-electron chi connectivity index (χ1n) is 10.9. The Morgan fingerprint density at radius 3 is 2.52 bits per heavy atom. The highest BCUT2D eigenvalue weighted by Gasteiger charge is 2.29. The normalized spacial score (nSPS) is 24.9. The Hall–Kier alpha value is -1.39. The van der Waals surface area contributed by atoms with Gasteiger partial charge < -0.3 is 5.32 Å². The van der Waals surface area contributed by atoms with Crippen molar-refractivity contribution in [1.82, 2.24) is 15.1 Å². The number of hydrogen-bond donors (Lipinski definition) is 1. The molecule has 0 radical (unpaired) electrons. The fourth-order valence-electron chi connectivity index (χ4n) is 4.61. The fourth-order valence-corrected chi connectivity index (χ4v) is 4.61. The molecule has 2 aliphatic rings. The molecule has 3 rings (SSSR count). The number of amides is 1. The zero-order valence-corrected chi connectivity index (χ0v) is 17.4. The average Bonchev–Trinajstić information content (AvgIpc) is 2.67. The molecule has 1 amide bonds. The number of benzene rings is 1. The van der Waals surface area contributed by atoms with Crippen molar-refractivity contribution in [2.24, 2.45) is 5.92 Å². The lowest BCUT2D eigenvalue weighted by Crippen LogP contribution is -2.51. The molecule has 0 aliphatic carbocycles. The predicted molar refractivity (Wildman–Crippen MR) is 111 cm³/mol. The standard InChI is InChI=1S/C23H37N3O/c1-18(2)26-14-5-4-8-22(26)23(27)24-15-20-9-11-21(12-10-20)17-25-13-6-7-19(3)16-25/h9-12,18-19,22H,4-8,13-17H2,1-3H3,(H,24,27). The maximum Gasteiger partial charge on any atom is 0.237 e. The van der Waals surface area contributed by atoms with Crippen molar-refractivity contribution in [2.75, 3.05) is 19.6 Å². The molecule has 150 valence electrons. The van der Waals surface area contributed by atoms with Crippen molar-refractivity contribution in [1.29, 1.82) is 0 Å². The smallest absolute Gasteiger partial charge is 0.237 e. The maximum absolute atomic E-state index is 12.7. The van der Waals surface area contributed by atoms with Crippen LogP contribution in [0.5, 0.6) is 0 Å². The van der Waals surface area contributed by atoms with Crippen molar-refractivity contribution in [2.45, 2.75) is 78.0 Å². The Bertz CT molecular complexity index is 598. The summed E-state index contributed by atoms with van der Waals surface area (Å²) in [6, 6.07) is 9.26. The highest BCUT2D eigenvalue weighted by atomic mass is 16.2. The molecule has 2 heterocycles. The van der Waals surface area contributed by atoms with Crippen LogP contribution >= 0.6 is 0 Å². The molecule has 0 aromatic heterocycles. The van der Waals surface area contributed by atoms with Crippen LogP contribution in [-0.4, -0.2) is 47.4 Å². The molecule has 0 bridgehead atoms. The molecule has 2 aliphatic heterocycles.